The first-order chi connectivity index (χ1) is 8.65. The van der Waals surface area contributed by atoms with Gasteiger partial charge in [0.2, 0.25) is 0 Å². The largest absolute Gasteiger partial charge is 0.493 e. The molecular formula is C12H15NO4S. The molecule has 98 valence electrons. The molecule has 1 aromatic rings. The summed E-state index contributed by atoms with van der Waals surface area (Å²) in [5, 5.41) is 11.5. The van der Waals surface area contributed by atoms with Crippen molar-refractivity contribution in [2.75, 3.05) is 20.0 Å². The van der Waals surface area contributed by atoms with Crippen LogP contribution >= 0.6 is 11.8 Å². The first-order valence-corrected chi connectivity index (χ1v) is 6.53. The Hall–Kier alpha value is -1.40. The number of aliphatic carboxylic acids is 1. The molecule has 1 aromatic carbocycles. The molecular weight excluding hydrogens is 254 g/mol. The Bertz CT molecular complexity index is 452. The van der Waals surface area contributed by atoms with Crippen molar-refractivity contribution in [1.82, 2.24) is 5.32 Å². The third-order valence-corrected chi connectivity index (χ3v) is 4.01. The van der Waals surface area contributed by atoms with Gasteiger partial charge in [-0.15, -0.1) is 11.8 Å². The van der Waals surface area contributed by atoms with Crippen molar-refractivity contribution < 1.29 is 19.4 Å². The second-order valence-corrected chi connectivity index (χ2v) is 5.02. The molecule has 2 unspecified atom stereocenters. The maximum absolute atomic E-state index is 10.9. The van der Waals surface area contributed by atoms with Crippen molar-refractivity contribution in [1.29, 1.82) is 0 Å². The fraction of sp³-hybridized carbons (Fsp3) is 0.417. The Morgan fingerprint density at radius 1 is 1.39 bits per heavy atom. The predicted molar refractivity (Wildman–Crippen MR) is 69.3 cm³/mol. The van der Waals surface area contributed by atoms with E-state index in [0.717, 1.165) is 11.3 Å². The molecule has 1 aliphatic rings. The molecule has 1 heterocycles. The third-order valence-electron chi connectivity index (χ3n) is 2.82. The van der Waals surface area contributed by atoms with Crippen LogP contribution in [0.15, 0.2) is 18.2 Å². The zero-order valence-electron chi connectivity index (χ0n) is 10.2. The van der Waals surface area contributed by atoms with Gasteiger partial charge < -0.3 is 14.6 Å². The molecule has 0 radical (unpaired) electrons. The minimum Gasteiger partial charge on any atom is -0.493 e. The van der Waals surface area contributed by atoms with Crippen LogP contribution in [0.25, 0.3) is 0 Å². The van der Waals surface area contributed by atoms with Crippen LogP contribution in [-0.4, -0.2) is 36.4 Å². The highest BCUT2D eigenvalue weighted by Gasteiger charge is 2.30. The van der Waals surface area contributed by atoms with E-state index in [1.54, 1.807) is 14.2 Å². The van der Waals surface area contributed by atoms with Crippen LogP contribution in [0, 0.1) is 0 Å². The lowest BCUT2D eigenvalue weighted by Gasteiger charge is -2.14. The molecule has 2 rings (SSSR count). The van der Waals surface area contributed by atoms with Crippen molar-refractivity contribution in [3.63, 3.8) is 0 Å². The Kier molecular flexibility index (Phi) is 3.98. The summed E-state index contributed by atoms with van der Waals surface area (Å²) in [5.41, 5.74) is 1.00. The molecule has 0 spiro atoms. The van der Waals surface area contributed by atoms with Crippen LogP contribution in [0.1, 0.15) is 11.6 Å². The Balaban J connectivity index is 2.17. The molecule has 1 saturated heterocycles. The van der Waals surface area contributed by atoms with E-state index in [0.29, 0.717) is 11.5 Å². The van der Waals surface area contributed by atoms with Crippen molar-refractivity contribution in [3.05, 3.63) is 23.8 Å². The van der Waals surface area contributed by atoms with E-state index in [9.17, 15) is 4.79 Å². The SMILES string of the molecule is COc1ccc(C2CSC(C(=O)O)N2)cc1OC. The first-order valence-electron chi connectivity index (χ1n) is 5.48. The van der Waals surface area contributed by atoms with Gasteiger partial charge in [0.25, 0.3) is 0 Å². The number of carboxylic acid groups (broad SMARTS) is 1. The summed E-state index contributed by atoms with van der Waals surface area (Å²) in [6.07, 6.45) is 0. The van der Waals surface area contributed by atoms with Gasteiger partial charge in [-0.2, -0.15) is 0 Å². The molecule has 1 fully saturated rings. The van der Waals surface area contributed by atoms with Crippen LogP contribution < -0.4 is 14.8 Å². The number of hydrogen-bond donors (Lipinski definition) is 2. The van der Waals surface area contributed by atoms with Crippen molar-refractivity contribution >= 4 is 17.7 Å². The number of benzene rings is 1. The Morgan fingerprint density at radius 3 is 2.67 bits per heavy atom. The van der Waals surface area contributed by atoms with Gasteiger partial charge in [-0.25, -0.2) is 4.79 Å². The zero-order valence-corrected chi connectivity index (χ0v) is 11.0. The smallest absolute Gasteiger partial charge is 0.331 e. The Morgan fingerprint density at radius 2 is 2.11 bits per heavy atom. The van der Waals surface area contributed by atoms with E-state index < -0.39 is 11.3 Å². The molecule has 1 aliphatic heterocycles. The minimum absolute atomic E-state index is 0.0240. The predicted octanol–water partition coefficient (Wildman–Crippen LogP) is 1.49. The highest BCUT2D eigenvalue weighted by atomic mass is 32.2. The lowest BCUT2D eigenvalue weighted by molar-refractivity contribution is -0.137. The van der Waals surface area contributed by atoms with Crippen LogP contribution in [-0.2, 0) is 4.79 Å². The second-order valence-electron chi connectivity index (χ2n) is 3.89. The molecule has 18 heavy (non-hydrogen) atoms. The third kappa shape index (κ3) is 2.54. The summed E-state index contributed by atoms with van der Waals surface area (Å²) in [5.74, 6) is 1.22. The summed E-state index contributed by atoms with van der Waals surface area (Å²) in [6.45, 7) is 0. The summed E-state index contributed by atoms with van der Waals surface area (Å²) in [7, 11) is 3.17. The summed E-state index contributed by atoms with van der Waals surface area (Å²) < 4.78 is 10.4. The molecule has 0 amide bonds. The molecule has 0 aliphatic carbocycles. The minimum atomic E-state index is -0.831. The highest BCUT2D eigenvalue weighted by molar-refractivity contribution is 8.00. The highest BCUT2D eigenvalue weighted by Crippen LogP contribution is 2.34. The molecule has 2 atom stereocenters. The van der Waals surface area contributed by atoms with Crippen molar-refractivity contribution in [2.24, 2.45) is 0 Å². The number of carboxylic acids is 1. The van der Waals surface area contributed by atoms with Gasteiger partial charge in [-0.3, -0.25) is 5.32 Å². The van der Waals surface area contributed by atoms with Crippen molar-refractivity contribution in [3.8, 4) is 11.5 Å². The van der Waals surface area contributed by atoms with Crippen LogP contribution in [0.5, 0.6) is 11.5 Å². The van der Waals surface area contributed by atoms with Crippen LogP contribution in [0.3, 0.4) is 0 Å². The monoisotopic (exact) mass is 269 g/mol. The fourth-order valence-electron chi connectivity index (χ4n) is 1.88. The molecule has 6 heteroatoms. The van der Waals surface area contributed by atoms with E-state index in [1.807, 2.05) is 18.2 Å². The standard InChI is InChI=1S/C12H15NO4S/c1-16-9-4-3-7(5-10(9)17-2)8-6-18-11(13-8)12(14)15/h3-5,8,11,13H,6H2,1-2H3,(H,14,15). The molecule has 0 bridgehead atoms. The average Bonchev–Trinajstić information content (AvgIpc) is 2.87. The van der Waals surface area contributed by atoms with Gasteiger partial charge in [0.05, 0.1) is 14.2 Å². The van der Waals surface area contributed by atoms with Gasteiger partial charge in [0.15, 0.2) is 16.9 Å². The first kappa shape index (κ1) is 13.0. The molecule has 0 aromatic heterocycles. The van der Waals surface area contributed by atoms with E-state index >= 15 is 0 Å². The van der Waals surface area contributed by atoms with Gasteiger partial charge in [0, 0.05) is 11.8 Å². The van der Waals surface area contributed by atoms with Crippen LogP contribution in [0.4, 0.5) is 0 Å². The van der Waals surface area contributed by atoms with Gasteiger partial charge in [-0.1, -0.05) is 6.07 Å². The number of carbonyl (C=O) groups is 1. The maximum Gasteiger partial charge on any atom is 0.331 e. The lowest BCUT2D eigenvalue weighted by Crippen LogP contribution is -2.30. The normalized spacial score (nSPS) is 22.8. The number of ether oxygens (including phenoxy) is 2. The van der Waals surface area contributed by atoms with Crippen LogP contribution in [0.2, 0.25) is 0 Å². The number of hydrogen-bond acceptors (Lipinski definition) is 5. The number of thioether (sulfide) groups is 1. The van der Waals surface area contributed by atoms with Gasteiger partial charge >= 0.3 is 5.97 Å². The quantitative estimate of drug-likeness (QED) is 0.863. The number of methoxy groups -OCH3 is 2. The maximum atomic E-state index is 10.9. The second kappa shape index (κ2) is 5.49. The molecule has 2 N–H and O–H groups in total. The van der Waals surface area contributed by atoms with E-state index in [2.05, 4.69) is 5.32 Å². The summed E-state index contributed by atoms with van der Waals surface area (Å²) in [6, 6.07) is 5.65. The van der Waals surface area contributed by atoms with E-state index in [1.165, 1.54) is 11.8 Å². The number of rotatable bonds is 4. The molecule has 0 saturated carbocycles. The number of nitrogens with one attached hydrogen (secondary N) is 1. The zero-order chi connectivity index (χ0) is 13.1. The van der Waals surface area contributed by atoms with E-state index in [4.69, 9.17) is 14.6 Å². The van der Waals surface area contributed by atoms with Gasteiger partial charge in [0.1, 0.15) is 0 Å². The van der Waals surface area contributed by atoms with Gasteiger partial charge in [-0.05, 0) is 17.7 Å². The summed E-state index contributed by atoms with van der Waals surface area (Å²) in [4.78, 5) is 10.9. The topological polar surface area (TPSA) is 67.8 Å². The average molecular weight is 269 g/mol. The van der Waals surface area contributed by atoms with Crippen molar-refractivity contribution in [2.45, 2.75) is 11.4 Å². The molecule has 5 nitrogen and oxygen atoms in total. The van der Waals surface area contributed by atoms with E-state index in [-0.39, 0.29) is 6.04 Å². The fourth-order valence-corrected chi connectivity index (χ4v) is 2.95. The summed E-state index contributed by atoms with van der Waals surface area (Å²) >= 11 is 1.39. The Labute approximate surface area is 109 Å². The lowest BCUT2D eigenvalue weighted by atomic mass is 10.1.